The highest BCUT2D eigenvalue weighted by atomic mass is 35.5. The Morgan fingerprint density at radius 3 is 2.58 bits per heavy atom. The second kappa shape index (κ2) is 7.72. The summed E-state index contributed by atoms with van der Waals surface area (Å²) >= 11 is 13.4. The molecule has 1 amide bonds. The van der Waals surface area contributed by atoms with E-state index in [1.54, 1.807) is 17.0 Å². The van der Waals surface area contributed by atoms with Crippen molar-refractivity contribution in [3.05, 3.63) is 45.8 Å². The predicted octanol–water partition coefficient (Wildman–Crippen LogP) is 4.20. The molecule has 0 bridgehead atoms. The van der Waals surface area contributed by atoms with Crippen LogP contribution in [0.5, 0.6) is 0 Å². The molecule has 2 heterocycles. The number of benzene rings is 1. The van der Waals surface area contributed by atoms with Crippen LogP contribution in [0.15, 0.2) is 34.3 Å². The number of amides is 1. The lowest BCUT2D eigenvalue weighted by Gasteiger charge is -2.36. The van der Waals surface area contributed by atoms with Crippen molar-refractivity contribution in [3.63, 3.8) is 0 Å². The summed E-state index contributed by atoms with van der Waals surface area (Å²) in [7, 11) is 0. The molecule has 1 aromatic heterocycles. The van der Waals surface area contributed by atoms with Crippen molar-refractivity contribution in [2.45, 2.75) is 42.1 Å². The monoisotopic (exact) mass is 410 g/mol. The van der Waals surface area contributed by atoms with Gasteiger partial charge < -0.3 is 10.6 Å². The molecule has 0 aliphatic carbocycles. The zero-order valence-corrected chi connectivity index (χ0v) is 17.0. The Balaban J connectivity index is 1.73. The van der Waals surface area contributed by atoms with Crippen LogP contribution in [0.2, 0.25) is 10.0 Å². The van der Waals surface area contributed by atoms with Gasteiger partial charge in [-0.2, -0.15) is 0 Å². The van der Waals surface area contributed by atoms with Gasteiger partial charge >= 0.3 is 0 Å². The maximum absolute atomic E-state index is 12.7. The van der Waals surface area contributed by atoms with Gasteiger partial charge in [-0.05, 0) is 44.9 Å². The van der Waals surface area contributed by atoms with Gasteiger partial charge in [0, 0.05) is 23.5 Å². The molecule has 0 saturated carbocycles. The Kier molecular flexibility index (Phi) is 5.77. The quantitative estimate of drug-likeness (QED) is 0.820. The van der Waals surface area contributed by atoms with E-state index in [1.807, 2.05) is 19.9 Å². The van der Waals surface area contributed by atoms with Gasteiger partial charge in [0.05, 0.1) is 21.9 Å². The first kappa shape index (κ1) is 19.4. The highest BCUT2D eigenvalue weighted by molar-refractivity contribution is 7.99. The van der Waals surface area contributed by atoms with Crippen LogP contribution < -0.4 is 5.73 Å². The van der Waals surface area contributed by atoms with Gasteiger partial charge in [-0.3, -0.25) is 4.79 Å². The average Bonchev–Trinajstić information content (AvgIpc) is 2.59. The Morgan fingerprint density at radius 2 is 1.96 bits per heavy atom. The van der Waals surface area contributed by atoms with E-state index in [-0.39, 0.29) is 11.4 Å². The van der Waals surface area contributed by atoms with Crippen LogP contribution in [-0.2, 0) is 0 Å². The van der Waals surface area contributed by atoms with Gasteiger partial charge in [-0.25, -0.2) is 9.97 Å². The molecule has 1 aromatic carbocycles. The molecule has 0 atom stereocenters. The molecular weight excluding hydrogens is 391 g/mol. The van der Waals surface area contributed by atoms with E-state index in [4.69, 9.17) is 28.9 Å². The standard InChI is InChI=1S/C18H20Cl2N4OS/c1-11-16(26-12-3-4-13(19)14(20)9-12)22-10-15(23-11)17(25)24-7-5-18(2,21)6-8-24/h3-4,9-10H,5-8,21H2,1-2H3. The van der Waals surface area contributed by atoms with Gasteiger partial charge in [0.25, 0.3) is 5.91 Å². The lowest BCUT2D eigenvalue weighted by molar-refractivity contribution is 0.0674. The van der Waals surface area contributed by atoms with Gasteiger partial charge in [-0.1, -0.05) is 35.0 Å². The van der Waals surface area contributed by atoms with Crippen molar-refractivity contribution in [3.8, 4) is 0 Å². The third-order valence-corrected chi connectivity index (χ3v) is 6.24. The number of likely N-dealkylation sites (tertiary alicyclic amines) is 1. The summed E-state index contributed by atoms with van der Waals surface area (Å²) < 4.78 is 0. The van der Waals surface area contributed by atoms with Crippen molar-refractivity contribution >= 4 is 40.9 Å². The fraction of sp³-hybridized carbons (Fsp3) is 0.389. The summed E-state index contributed by atoms with van der Waals surface area (Å²) in [6.45, 7) is 5.16. The molecule has 0 radical (unpaired) electrons. The number of carbonyl (C=O) groups is 1. The number of rotatable bonds is 3. The third kappa shape index (κ3) is 4.49. The minimum Gasteiger partial charge on any atom is -0.337 e. The van der Waals surface area contributed by atoms with Crippen molar-refractivity contribution < 1.29 is 4.79 Å². The van der Waals surface area contributed by atoms with E-state index in [2.05, 4.69) is 9.97 Å². The Hall–Kier alpha value is -1.34. The largest absolute Gasteiger partial charge is 0.337 e. The Morgan fingerprint density at radius 1 is 1.27 bits per heavy atom. The minimum absolute atomic E-state index is 0.0952. The number of carbonyl (C=O) groups excluding carboxylic acids is 1. The summed E-state index contributed by atoms with van der Waals surface area (Å²) in [6, 6.07) is 5.40. The number of aryl methyl sites for hydroxylation is 1. The summed E-state index contributed by atoms with van der Waals surface area (Å²) in [5, 5.41) is 1.73. The van der Waals surface area contributed by atoms with E-state index < -0.39 is 0 Å². The zero-order chi connectivity index (χ0) is 18.9. The topological polar surface area (TPSA) is 72.1 Å². The van der Waals surface area contributed by atoms with Crippen LogP contribution in [0.4, 0.5) is 0 Å². The molecule has 1 fully saturated rings. The molecule has 138 valence electrons. The van der Waals surface area contributed by atoms with Gasteiger partial charge in [0.2, 0.25) is 0 Å². The molecule has 2 N–H and O–H groups in total. The van der Waals surface area contributed by atoms with Crippen LogP contribution in [0.1, 0.15) is 35.9 Å². The highest BCUT2D eigenvalue weighted by Crippen LogP contribution is 2.32. The van der Waals surface area contributed by atoms with E-state index in [1.165, 1.54) is 18.0 Å². The van der Waals surface area contributed by atoms with E-state index >= 15 is 0 Å². The van der Waals surface area contributed by atoms with E-state index in [0.29, 0.717) is 34.5 Å². The second-order valence-electron chi connectivity index (χ2n) is 6.77. The Bertz CT molecular complexity index is 834. The molecule has 2 aromatic rings. The first-order valence-electron chi connectivity index (χ1n) is 8.30. The minimum atomic E-state index is -0.196. The normalized spacial score (nSPS) is 16.6. The lowest BCUT2D eigenvalue weighted by atomic mass is 9.91. The van der Waals surface area contributed by atoms with Crippen LogP contribution in [0, 0.1) is 6.92 Å². The molecular formula is C18H20Cl2N4OS. The first-order chi connectivity index (χ1) is 12.2. The van der Waals surface area contributed by atoms with Crippen LogP contribution >= 0.6 is 35.0 Å². The number of nitrogens with two attached hydrogens (primary N) is 1. The zero-order valence-electron chi connectivity index (χ0n) is 14.6. The van der Waals surface area contributed by atoms with Crippen LogP contribution in [0.25, 0.3) is 0 Å². The smallest absolute Gasteiger partial charge is 0.274 e. The first-order valence-corrected chi connectivity index (χ1v) is 9.87. The second-order valence-corrected chi connectivity index (χ2v) is 8.65. The summed E-state index contributed by atoms with van der Waals surface area (Å²) in [6.07, 6.45) is 3.11. The number of halogens is 2. The Labute approximate surface area is 167 Å². The SMILES string of the molecule is Cc1nc(C(=O)N2CCC(C)(N)CC2)cnc1Sc1ccc(Cl)c(Cl)c1. The van der Waals surface area contributed by atoms with Gasteiger partial charge in [0.1, 0.15) is 10.7 Å². The summed E-state index contributed by atoms with van der Waals surface area (Å²) in [4.78, 5) is 24.2. The lowest BCUT2D eigenvalue weighted by Crippen LogP contribution is -2.50. The molecule has 5 nitrogen and oxygen atoms in total. The summed E-state index contributed by atoms with van der Waals surface area (Å²) in [5.41, 5.74) is 7.00. The number of piperidine rings is 1. The molecule has 0 unspecified atom stereocenters. The summed E-state index contributed by atoms with van der Waals surface area (Å²) in [5.74, 6) is -0.0952. The molecule has 8 heteroatoms. The number of nitrogens with zero attached hydrogens (tertiary/aromatic N) is 3. The molecule has 26 heavy (non-hydrogen) atoms. The predicted molar refractivity (Wildman–Crippen MR) is 105 cm³/mol. The number of aromatic nitrogens is 2. The van der Waals surface area contributed by atoms with E-state index in [9.17, 15) is 4.79 Å². The van der Waals surface area contributed by atoms with Crippen molar-refractivity contribution in [2.75, 3.05) is 13.1 Å². The van der Waals surface area contributed by atoms with Crippen LogP contribution in [0.3, 0.4) is 0 Å². The van der Waals surface area contributed by atoms with Crippen molar-refractivity contribution in [1.29, 1.82) is 0 Å². The number of hydrogen-bond donors (Lipinski definition) is 1. The van der Waals surface area contributed by atoms with E-state index in [0.717, 1.165) is 22.8 Å². The number of hydrogen-bond acceptors (Lipinski definition) is 5. The van der Waals surface area contributed by atoms with Gasteiger partial charge in [-0.15, -0.1) is 0 Å². The molecule has 1 aliphatic rings. The fourth-order valence-corrected chi connectivity index (χ4v) is 3.91. The highest BCUT2D eigenvalue weighted by Gasteiger charge is 2.29. The molecule has 3 rings (SSSR count). The molecule has 1 saturated heterocycles. The third-order valence-electron chi connectivity index (χ3n) is 4.42. The van der Waals surface area contributed by atoms with Crippen molar-refractivity contribution in [2.24, 2.45) is 5.73 Å². The molecule has 0 spiro atoms. The molecule has 1 aliphatic heterocycles. The maximum atomic E-state index is 12.7. The van der Waals surface area contributed by atoms with Crippen LogP contribution in [-0.4, -0.2) is 39.4 Å². The average molecular weight is 411 g/mol. The fourth-order valence-electron chi connectivity index (χ4n) is 2.71. The van der Waals surface area contributed by atoms with Gasteiger partial charge in [0.15, 0.2) is 0 Å². The van der Waals surface area contributed by atoms with Crippen molar-refractivity contribution in [1.82, 2.24) is 14.9 Å². The maximum Gasteiger partial charge on any atom is 0.274 e.